The molecule has 3 aromatic rings. The predicted octanol–water partition coefficient (Wildman–Crippen LogP) is 5.03. The van der Waals surface area contributed by atoms with Crippen LogP contribution in [0.5, 0.6) is 0 Å². The van der Waals surface area contributed by atoms with Gasteiger partial charge in [-0.15, -0.1) is 11.3 Å². The Bertz CT molecular complexity index is 1030. The topological polar surface area (TPSA) is 62.3 Å². The Balaban J connectivity index is 1.69. The number of nitrogens with one attached hydrogen (secondary N) is 1. The number of amides is 2. The van der Waals surface area contributed by atoms with Crippen LogP contribution in [0.3, 0.4) is 0 Å². The van der Waals surface area contributed by atoms with Crippen molar-refractivity contribution >= 4 is 40.0 Å². The fraction of sp³-hybridized carbons (Fsp3) is 0.174. The molecule has 1 N–H and O–H groups in total. The first-order valence-electron chi connectivity index (χ1n) is 9.31. The number of hydrogen-bond donors (Lipinski definition) is 1. The Labute approximate surface area is 174 Å². The minimum absolute atomic E-state index is 0.0920. The van der Waals surface area contributed by atoms with Crippen LogP contribution in [-0.2, 0) is 9.59 Å². The second kappa shape index (κ2) is 9.30. The summed E-state index contributed by atoms with van der Waals surface area (Å²) >= 11 is 1.36. The zero-order valence-corrected chi connectivity index (χ0v) is 17.4. The van der Waals surface area contributed by atoms with Crippen LogP contribution in [0.25, 0.3) is 6.08 Å². The van der Waals surface area contributed by atoms with E-state index in [0.717, 1.165) is 16.8 Å². The van der Waals surface area contributed by atoms with Crippen molar-refractivity contribution in [2.24, 2.45) is 0 Å². The summed E-state index contributed by atoms with van der Waals surface area (Å²) in [6.45, 7) is 5.49. The lowest BCUT2D eigenvalue weighted by atomic mass is 10.0. The molecule has 0 saturated heterocycles. The van der Waals surface area contributed by atoms with Crippen LogP contribution >= 0.6 is 11.3 Å². The Morgan fingerprint density at radius 1 is 1.10 bits per heavy atom. The summed E-state index contributed by atoms with van der Waals surface area (Å²) in [4.78, 5) is 30.5. The normalized spacial score (nSPS) is 12.0. The Kier molecular flexibility index (Phi) is 6.57. The molecule has 1 aromatic heterocycles. The van der Waals surface area contributed by atoms with Gasteiger partial charge in [0.05, 0.1) is 17.4 Å². The highest BCUT2D eigenvalue weighted by atomic mass is 32.1. The van der Waals surface area contributed by atoms with E-state index in [4.69, 9.17) is 0 Å². The summed E-state index contributed by atoms with van der Waals surface area (Å²) in [5, 5.41) is 5.36. The van der Waals surface area contributed by atoms with E-state index in [-0.39, 0.29) is 17.9 Å². The summed E-state index contributed by atoms with van der Waals surface area (Å²) in [6, 6.07) is 17.3. The van der Waals surface area contributed by atoms with Crippen LogP contribution in [0.1, 0.15) is 36.7 Å². The van der Waals surface area contributed by atoms with Crippen LogP contribution in [0.4, 0.5) is 10.8 Å². The molecule has 29 heavy (non-hydrogen) atoms. The lowest BCUT2D eigenvalue weighted by Crippen LogP contribution is -2.25. The maximum absolute atomic E-state index is 12.3. The lowest BCUT2D eigenvalue weighted by Gasteiger charge is -2.17. The standard InChI is InChI=1S/C23H23N3O2S/c1-16-9-7-8-12-21(16)17(2)24-22(28)14-13-19-15-29-23(25-19)26(18(3)27)20-10-5-4-6-11-20/h4-15,17H,1-3H3,(H,24,28)/b14-13+. The van der Waals surface area contributed by atoms with Crippen molar-refractivity contribution in [3.8, 4) is 0 Å². The average molecular weight is 406 g/mol. The Morgan fingerprint density at radius 2 is 1.79 bits per heavy atom. The molecule has 1 unspecified atom stereocenters. The first kappa shape index (κ1) is 20.5. The third-order valence-electron chi connectivity index (χ3n) is 4.45. The lowest BCUT2D eigenvalue weighted by molar-refractivity contribution is -0.117. The van der Waals surface area contributed by atoms with E-state index >= 15 is 0 Å². The molecule has 5 nitrogen and oxygen atoms in total. The molecule has 0 spiro atoms. The Morgan fingerprint density at radius 3 is 2.48 bits per heavy atom. The third-order valence-corrected chi connectivity index (χ3v) is 5.29. The van der Waals surface area contributed by atoms with Crippen LogP contribution in [0.15, 0.2) is 66.1 Å². The zero-order chi connectivity index (χ0) is 20.8. The number of thiazole rings is 1. The van der Waals surface area contributed by atoms with Gasteiger partial charge < -0.3 is 5.32 Å². The largest absolute Gasteiger partial charge is 0.346 e. The number of anilines is 2. The van der Waals surface area contributed by atoms with Gasteiger partial charge in [-0.3, -0.25) is 14.5 Å². The van der Waals surface area contributed by atoms with Crippen LogP contribution in [0.2, 0.25) is 0 Å². The van der Waals surface area contributed by atoms with Gasteiger partial charge in [-0.2, -0.15) is 0 Å². The molecule has 3 rings (SSSR count). The van der Waals surface area contributed by atoms with Crippen molar-refractivity contribution in [1.29, 1.82) is 0 Å². The summed E-state index contributed by atoms with van der Waals surface area (Å²) in [7, 11) is 0. The maximum atomic E-state index is 12.3. The third kappa shape index (κ3) is 5.18. The first-order chi connectivity index (χ1) is 14.0. The second-order valence-corrected chi connectivity index (χ2v) is 7.50. The van der Waals surface area contributed by atoms with E-state index in [1.807, 2.05) is 73.8 Å². The highest BCUT2D eigenvalue weighted by Crippen LogP contribution is 2.29. The molecule has 0 aliphatic rings. The summed E-state index contributed by atoms with van der Waals surface area (Å²) in [6.07, 6.45) is 3.12. The van der Waals surface area contributed by atoms with Crippen molar-refractivity contribution in [1.82, 2.24) is 10.3 Å². The van der Waals surface area contributed by atoms with Gasteiger partial charge >= 0.3 is 0 Å². The average Bonchev–Trinajstić information content (AvgIpc) is 3.15. The molecule has 2 aromatic carbocycles. The van der Waals surface area contributed by atoms with Crippen molar-refractivity contribution in [3.63, 3.8) is 0 Å². The number of benzene rings is 2. The molecule has 0 aliphatic heterocycles. The van der Waals surface area contributed by atoms with E-state index < -0.39 is 0 Å². The number of nitrogens with zero attached hydrogens (tertiary/aromatic N) is 2. The van der Waals surface area contributed by atoms with Gasteiger partial charge in [-0.05, 0) is 43.2 Å². The van der Waals surface area contributed by atoms with Crippen molar-refractivity contribution in [3.05, 3.63) is 82.9 Å². The van der Waals surface area contributed by atoms with Crippen molar-refractivity contribution < 1.29 is 9.59 Å². The maximum Gasteiger partial charge on any atom is 0.244 e. The van der Waals surface area contributed by atoms with E-state index in [1.165, 1.54) is 24.3 Å². The quantitative estimate of drug-likeness (QED) is 0.585. The number of aryl methyl sites for hydroxylation is 1. The van der Waals surface area contributed by atoms with E-state index in [2.05, 4.69) is 10.3 Å². The molecule has 2 amide bonds. The molecule has 0 bridgehead atoms. The van der Waals surface area contributed by atoms with E-state index in [1.54, 1.807) is 11.0 Å². The molecular formula is C23H23N3O2S. The smallest absolute Gasteiger partial charge is 0.244 e. The number of carbonyl (C=O) groups excluding carboxylic acids is 2. The highest BCUT2D eigenvalue weighted by molar-refractivity contribution is 7.14. The molecule has 0 saturated carbocycles. The molecule has 148 valence electrons. The number of rotatable bonds is 6. The summed E-state index contributed by atoms with van der Waals surface area (Å²) in [5.41, 5.74) is 3.62. The number of hydrogen-bond acceptors (Lipinski definition) is 4. The van der Waals surface area contributed by atoms with Crippen LogP contribution in [-0.4, -0.2) is 16.8 Å². The molecule has 0 aliphatic carbocycles. The van der Waals surface area contributed by atoms with Crippen molar-refractivity contribution in [2.75, 3.05) is 4.90 Å². The highest BCUT2D eigenvalue weighted by Gasteiger charge is 2.17. The molecule has 1 heterocycles. The van der Waals surface area contributed by atoms with Crippen LogP contribution < -0.4 is 10.2 Å². The molecule has 0 radical (unpaired) electrons. The molecule has 1 atom stereocenters. The predicted molar refractivity (Wildman–Crippen MR) is 118 cm³/mol. The van der Waals surface area contributed by atoms with Crippen LogP contribution in [0, 0.1) is 6.92 Å². The fourth-order valence-electron chi connectivity index (χ4n) is 3.03. The van der Waals surface area contributed by atoms with Gasteiger partial charge in [-0.1, -0.05) is 42.5 Å². The molecule has 0 fully saturated rings. The van der Waals surface area contributed by atoms with Gasteiger partial charge in [0.25, 0.3) is 0 Å². The van der Waals surface area contributed by atoms with Gasteiger partial charge in [0.1, 0.15) is 0 Å². The monoisotopic (exact) mass is 405 g/mol. The first-order valence-corrected chi connectivity index (χ1v) is 10.2. The van der Waals surface area contributed by atoms with E-state index in [9.17, 15) is 9.59 Å². The second-order valence-electron chi connectivity index (χ2n) is 6.67. The number of aromatic nitrogens is 1. The fourth-order valence-corrected chi connectivity index (χ4v) is 3.89. The zero-order valence-electron chi connectivity index (χ0n) is 16.6. The van der Waals surface area contributed by atoms with Gasteiger partial charge in [0.2, 0.25) is 11.8 Å². The molecule has 6 heteroatoms. The number of carbonyl (C=O) groups is 2. The number of para-hydroxylation sites is 1. The minimum Gasteiger partial charge on any atom is -0.346 e. The van der Waals surface area contributed by atoms with E-state index in [0.29, 0.717) is 10.8 Å². The van der Waals surface area contributed by atoms with Gasteiger partial charge in [0.15, 0.2) is 5.13 Å². The SMILES string of the molecule is CC(=O)N(c1ccccc1)c1nc(/C=C/C(=O)NC(C)c2ccccc2C)cs1. The summed E-state index contributed by atoms with van der Waals surface area (Å²) in [5.74, 6) is -0.312. The molecular weight excluding hydrogens is 382 g/mol. The van der Waals surface area contributed by atoms with Crippen molar-refractivity contribution in [2.45, 2.75) is 26.8 Å². The van der Waals surface area contributed by atoms with Gasteiger partial charge in [-0.25, -0.2) is 4.98 Å². The Hall–Kier alpha value is -3.25. The van der Waals surface area contributed by atoms with Gasteiger partial charge in [0, 0.05) is 18.4 Å². The minimum atomic E-state index is -0.193. The summed E-state index contributed by atoms with van der Waals surface area (Å²) < 4.78 is 0.